The van der Waals surface area contributed by atoms with Crippen molar-refractivity contribution in [3.8, 4) is 0 Å². The fraction of sp³-hybridized carbons (Fsp3) is 0.900. The van der Waals surface area contributed by atoms with Gasteiger partial charge >= 0.3 is 23.9 Å². The Balaban J connectivity index is 1.94. The van der Waals surface area contributed by atoms with Gasteiger partial charge in [0.25, 0.3) is 0 Å². The van der Waals surface area contributed by atoms with Gasteiger partial charge in [-0.3, -0.25) is 19.2 Å². The summed E-state index contributed by atoms with van der Waals surface area (Å²) in [4.78, 5) is 46.7. The van der Waals surface area contributed by atoms with E-state index in [1.807, 2.05) is 6.92 Å². The number of rotatable bonds is 30. The van der Waals surface area contributed by atoms with Gasteiger partial charge in [0.05, 0.1) is 37.8 Å². The number of carboxylic acid groups (broad SMARTS) is 1. The number of carbonyl (C=O) groups is 4. The monoisotopic (exact) mass is 854 g/mol. The van der Waals surface area contributed by atoms with E-state index in [1.165, 1.54) is 0 Å². The number of unbranched alkanes of at least 4 members (excludes halogenated alkanes) is 10. The van der Waals surface area contributed by atoms with E-state index in [0.717, 1.165) is 78.1 Å². The van der Waals surface area contributed by atoms with E-state index in [1.54, 1.807) is 0 Å². The fourth-order valence-electron chi connectivity index (χ4n) is 6.91. The van der Waals surface area contributed by atoms with Crippen molar-refractivity contribution in [3.63, 3.8) is 0 Å². The van der Waals surface area contributed by atoms with Crippen molar-refractivity contribution in [2.75, 3.05) is 19.8 Å². The molecule has 344 valence electrons. The quantitative estimate of drug-likeness (QED) is 0.0285. The van der Waals surface area contributed by atoms with Crippen molar-refractivity contribution in [2.45, 2.75) is 210 Å². The molecule has 0 saturated carbocycles. The van der Waals surface area contributed by atoms with Gasteiger partial charge in [0.2, 0.25) is 0 Å². The molecule has 0 amide bonds. The maximum atomic E-state index is 12.8. The fourth-order valence-corrected chi connectivity index (χ4v) is 6.91. The number of ether oxygens (including phenoxy) is 7. The lowest BCUT2D eigenvalue weighted by Gasteiger charge is -2.46. The third-order valence-corrected chi connectivity index (χ3v) is 10.2. The van der Waals surface area contributed by atoms with Gasteiger partial charge in [-0.15, -0.1) is 0 Å². The standard InChI is InChI=1S/C40H70O19/c1-4-5-13-16-27(44)20-32(48)58-38-33(49)29(22-53-24(2)41)56-40(36(38)52)59-37-30(23-54-25(3)42)57-39(35(51)34(37)50)55-21-28(45)18-15-12-10-8-6-7-9-11-14-17-26(43)19-31(46)47/h26-30,33-40,43-45,49-52H,4-23H2,1-3H3,(H,46,47). The molecule has 2 heterocycles. The third kappa shape index (κ3) is 20.7. The number of carbonyl (C=O) groups excluding carboxylic acids is 3. The van der Waals surface area contributed by atoms with E-state index in [-0.39, 0.29) is 13.0 Å². The highest BCUT2D eigenvalue weighted by Gasteiger charge is 2.53. The Morgan fingerprint density at radius 3 is 1.61 bits per heavy atom. The van der Waals surface area contributed by atoms with E-state index in [4.69, 9.17) is 38.3 Å². The second-order valence-electron chi connectivity index (χ2n) is 15.6. The summed E-state index contributed by atoms with van der Waals surface area (Å²) in [6.07, 6.45) is -7.97. The third-order valence-electron chi connectivity index (χ3n) is 10.2. The van der Waals surface area contributed by atoms with Crippen LogP contribution in [0.2, 0.25) is 0 Å². The molecule has 19 nitrogen and oxygen atoms in total. The van der Waals surface area contributed by atoms with Gasteiger partial charge in [0, 0.05) is 13.8 Å². The molecule has 2 rings (SSSR count). The van der Waals surface area contributed by atoms with Gasteiger partial charge < -0.3 is 74.0 Å². The Kier molecular flexibility index (Phi) is 25.7. The van der Waals surface area contributed by atoms with Gasteiger partial charge in [0.15, 0.2) is 18.7 Å². The summed E-state index contributed by atoms with van der Waals surface area (Å²) in [5.41, 5.74) is 0. The van der Waals surface area contributed by atoms with Crippen LogP contribution in [0.3, 0.4) is 0 Å². The molecule has 0 aromatic carbocycles. The number of hydrogen-bond acceptors (Lipinski definition) is 18. The zero-order valence-corrected chi connectivity index (χ0v) is 34.7. The molecule has 0 spiro atoms. The molecule has 2 aliphatic heterocycles. The van der Waals surface area contributed by atoms with Crippen LogP contribution in [0, 0.1) is 0 Å². The second-order valence-corrected chi connectivity index (χ2v) is 15.6. The molecule has 2 aliphatic rings. The van der Waals surface area contributed by atoms with Gasteiger partial charge in [-0.1, -0.05) is 84.0 Å². The minimum atomic E-state index is -1.91. The molecule has 59 heavy (non-hydrogen) atoms. The Morgan fingerprint density at radius 1 is 0.576 bits per heavy atom. The summed E-state index contributed by atoms with van der Waals surface area (Å²) in [7, 11) is 0. The number of hydrogen-bond donors (Lipinski definition) is 8. The molecule has 8 N–H and O–H groups in total. The molecular formula is C40H70O19. The van der Waals surface area contributed by atoms with Crippen LogP contribution in [0.25, 0.3) is 0 Å². The van der Waals surface area contributed by atoms with Crippen molar-refractivity contribution >= 4 is 23.9 Å². The average Bonchev–Trinajstić information content (AvgIpc) is 3.16. The minimum Gasteiger partial charge on any atom is -0.481 e. The molecule has 0 aliphatic carbocycles. The van der Waals surface area contributed by atoms with Crippen molar-refractivity contribution in [2.24, 2.45) is 0 Å². The maximum Gasteiger partial charge on any atom is 0.308 e. The van der Waals surface area contributed by atoms with Crippen LogP contribution in [0.5, 0.6) is 0 Å². The van der Waals surface area contributed by atoms with Crippen LogP contribution < -0.4 is 0 Å². The van der Waals surface area contributed by atoms with Crippen LogP contribution in [0.4, 0.5) is 0 Å². The predicted molar refractivity (Wildman–Crippen MR) is 205 cm³/mol. The molecule has 0 aromatic heterocycles. The molecule has 2 saturated heterocycles. The summed E-state index contributed by atoms with van der Waals surface area (Å²) in [5.74, 6) is -3.38. The molecule has 0 radical (unpaired) electrons. The lowest BCUT2D eigenvalue weighted by atomic mass is 9.96. The van der Waals surface area contributed by atoms with Gasteiger partial charge in [-0.2, -0.15) is 0 Å². The van der Waals surface area contributed by atoms with Gasteiger partial charge in [-0.25, -0.2) is 0 Å². The van der Waals surface area contributed by atoms with Gasteiger partial charge in [-0.05, 0) is 19.3 Å². The van der Waals surface area contributed by atoms with Crippen LogP contribution in [-0.2, 0) is 52.3 Å². The second kappa shape index (κ2) is 28.9. The first-order valence-electron chi connectivity index (χ1n) is 21.1. The zero-order chi connectivity index (χ0) is 43.9. The van der Waals surface area contributed by atoms with E-state index < -0.39 is 123 Å². The van der Waals surface area contributed by atoms with E-state index in [2.05, 4.69) is 0 Å². The molecular weight excluding hydrogens is 784 g/mol. The normalized spacial score (nSPS) is 28.6. The predicted octanol–water partition coefficient (Wildman–Crippen LogP) is 1.14. The summed E-state index contributed by atoms with van der Waals surface area (Å²) >= 11 is 0. The number of aliphatic hydroxyl groups excluding tert-OH is 7. The highest BCUT2D eigenvalue weighted by molar-refractivity contribution is 5.70. The van der Waals surface area contributed by atoms with Crippen molar-refractivity contribution in [3.05, 3.63) is 0 Å². The summed E-state index contributed by atoms with van der Waals surface area (Å²) in [5, 5.41) is 83.7. The van der Waals surface area contributed by atoms with Crippen molar-refractivity contribution in [1.82, 2.24) is 0 Å². The Bertz CT molecular complexity index is 1210. The maximum absolute atomic E-state index is 12.8. The van der Waals surface area contributed by atoms with E-state index in [0.29, 0.717) is 32.1 Å². The Hall–Kier alpha value is -2.56. The zero-order valence-electron chi connectivity index (χ0n) is 34.7. The van der Waals surface area contributed by atoms with Crippen LogP contribution in [0.15, 0.2) is 0 Å². The van der Waals surface area contributed by atoms with Crippen molar-refractivity contribution in [1.29, 1.82) is 0 Å². The molecule has 13 atom stereocenters. The summed E-state index contributed by atoms with van der Waals surface area (Å²) in [6.45, 7) is 2.90. The van der Waals surface area contributed by atoms with E-state index in [9.17, 15) is 54.9 Å². The lowest BCUT2D eigenvalue weighted by molar-refractivity contribution is -0.360. The number of aliphatic carboxylic acids is 1. The topological polar surface area (TPSA) is 295 Å². The number of aliphatic hydroxyl groups is 7. The van der Waals surface area contributed by atoms with Crippen LogP contribution in [-0.4, -0.2) is 164 Å². The first kappa shape index (κ1) is 52.6. The molecule has 2 fully saturated rings. The summed E-state index contributed by atoms with van der Waals surface area (Å²) < 4.78 is 38.6. The summed E-state index contributed by atoms with van der Waals surface area (Å²) in [6, 6.07) is 0. The largest absolute Gasteiger partial charge is 0.481 e. The highest BCUT2D eigenvalue weighted by Crippen LogP contribution is 2.31. The smallest absolute Gasteiger partial charge is 0.308 e. The van der Waals surface area contributed by atoms with Gasteiger partial charge in [0.1, 0.15) is 55.9 Å². The lowest BCUT2D eigenvalue weighted by Crippen LogP contribution is -2.65. The molecule has 0 bridgehead atoms. The molecule has 13 unspecified atom stereocenters. The van der Waals surface area contributed by atoms with Crippen molar-refractivity contribution < 1.29 is 93.2 Å². The average molecular weight is 855 g/mol. The minimum absolute atomic E-state index is 0.230. The Morgan fingerprint density at radius 2 is 1.07 bits per heavy atom. The molecule has 19 heteroatoms. The highest BCUT2D eigenvalue weighted by atomic mass is 16.7. The first-order chi connectivity index (χ1) is 28.0. The van der Waals surface area contributed by atoms with Crippen LogP contribution in [0.1, 0.15) is 130 Å². The Labute approximate surface area is 346 Å². The van der Waals surface area contributed by atoms with E-state index >= 15 is 0 Å². The SMILES string of the molecule is CCCCCC(O)CC(=O)OC1C(O)C(COC(C)=O)OC(OC2C(COC(C)=O)OC(OCC(O)CCCCCCCCCCCC(O)CC(=O)O)C(O)C2O)C1O. The molecule has 0 aromatic rings. The first-order valence-corrected chi connectivity index (χ1v) is 21.1. The van der Waals surface area contributed by atoms with Crippen LogP contribution >= 0.6 is 0 Å². The number of carboxylic acids is 1. The number of esters is 3.